The van der Waals surface area contributed by atoms with Gasteiger partial charge < -0.3 is 10.4 Å². The Hall–Kier alpha value is 0.0144. The van der Waals surface area contributed by atoms with Crippen LogP contribution in [0.4, 0.5) is 0 Å². The first-order valence-corrected chi connectivity index (χ1v) is 4.61. The van der Waals surface area contributed by atoms with E-state index < -0.39 is 0 Å². The molecule has 0 aromatic carbocycles. The zero-order valence-corrected chi connectivity index (χ0v) is 10.6. The predicted molar refractivity (Wildman–Crippen MR) is 53.1 cm³/mol. The summed E-state index contributed by atoms with van der Waals surface area (Å²) in [7, 11) is 0. The van der Waals surface area contributed by atoms with Gasteiger partial charge in [0.25, 0.3) is 0 Å². The summed E-state index contributed by atoms with van der Waals surface area (Å²) in [6, 6.07) is 0. The van der Waals surface area contributed by atoms with E-state index >= 15 is 0 Å². The average Bonchev–Trinajstić information content (AvgIpc) is 2.11. The first kappa shape index (κ1) is 23.1. The maximum absolute atomic E-state index is 9.49. The molecule has 2 N–H and O–H groups in total. The van der Waals surface area contributed by atoms with E-state index in [1.807, 2.05) is 13.8 Å². The molecule has 0 aliphatic heterocycles. The fourth-order valence-corrected chi connectivity index (χ4v) is 0.240. The number of amides is 1. The Morgan fingerprint density at radius 2 is 1.69 bits per heavy atom. The van der Waals surface area contributed by atoms with Crippen molar-refractivity contribution in [3.8, 4) is 0 Å². The Morgan fingerprint density at radius 1 is 1.31 bits per heavy atom. The smallest absolute Gasteiger partial charge is 0.207 e. The van der Waals surface area contributed by atoms with Crippen LogP contribution in [0, 0.1) is 0 Å². The SMILES string of the molecule is CC.CCC.O=CNCCCO.[V]. The van der Waals surface area contributed by atoms with Gasteiger partial charge in [0, 0.05) is 31.7 Å². The van der Waals surface area contributed by atoms with Crippen molar-refractivity contribution in [2.24, 2.45) is 0 Å². The molecular weight excluding hydrogens is 205 g/mol. The molecule has 0 rings (SSSR count). The van der Waals surface area contributed by atoms with Gasteiger partial charge in [0.15, 0.2) is 0 Å². The number of carbonyl (C=O) groups excluding carboxylic acids is 1. The minimum absolute atomic E-state index is 0. The largest absolute Gasteiger partial charge is 0.396 e. The maximum atomic E-state index is 9.49. The van der Waals surface area contributed by atoms with Gasteiger partial charge in [-0.2, -0.15) is 0 Å². The number of rotatable bonds is 4. The van der Waals surface area contributed by atoms with Gasteiger partial charge in [-0.25, -0.2) is 0 Å². The second-order valence-electron chi connectivity index (χ2n) is 1.86. The molecule has 0 atom stereocenters. The molecule has 0 spiro atoms. The van der Waals surface area contributed by atoms with Gasteiger partial charge in [-0.1, -0.05) is 34.1 Å². The molecule has 0 unspecified atom stereocenters. The van der Waals surface area contributed by atoms with E-state index in [2.05, 4.69) is 19.2 Å². The average molecular weight is 228 g/mol. The van der Waals surface area contributed by atoms with Gasteiger partial charge in [0.2, 0.25) is 6.41 Å². The molecule has 1 radical (unpaired) electrons. The molecule has 0 fully saturated rings. The minimum Gasteiger partial charge on any atom is -0.396 e. The third kappa shape index (κ3) is 74.8. The second kappa shape index (κ2) is 40.3. The van der Waals surface area contributed by atoms with Crippen molar-refractivity contribution in [3.05, 3.63) is 0 Å². The van der Waals surface area contributed by atoms with Gasteiger partial charge in [-0.05, 0) is 6.42 Å². The first-order chi connectivity index (χ1) is 5.83. The van der Waals surface area contributed by atoms with E-state index in [-0.39, 0.29) is 25.2 Å². The second-order valence-corrected chi connectivity index (χ2v) is 1.86. The molecule has 0 bridgehead atoms. The van der Waals surface area contributed by atoms with Crippen LogP contribution in [-0.4, -0.2) is 24.7 Å². The van der Waals surface area contributed by atoms with E-state index in [0.29, 0.717) is 19.4 Å². The van der Waals surface area contributed by atoms with Crippen molar-refractivity contribution < 1.29 is 28.5 Å². The molecule has 0 heterocycles. The summed E-state index contributed by atoms with van der Waals surface area (Å²) >= 11 is 0. The molecule has 0 aromatic rings. The Balaban J connectivity index is -0.0000000581. The molecular formula is C9H23NO2V. The summed E-state index contributed by atoms with van der Waals surface area (Å²) < 4.78 is 0. The third-order valence-electron chi connectivity index (χ3n) is 0.563. The van der Waals surface area contributed by atoms with Crippen LogP contribution >= 0.6 is 0 Å². The summed E-state index contributed by atoms with van der Waals surface area (Å²) in [5, 5.41) is 10.5. The van der Waals surface area contributed by atoms with Crippen LogP contribution in [0.1, 0.15) is 40.5 Å². The topological polar surface area (TPSA) is 49.3 Å². The molecule has 81 valence electrons. The van der Waals surface area contributed by atoms with Crippen molar-refractivity contribution >= 4 is 6.41 Å². The number of carbonyl (C=O) groups is 1. The summed E-state index contributed by atoms with van der Waals surface area (Å²) in [6.07, 6.45) is 2.51. The van der Waals surface area contributed by atoms with Gasteiger partial charge in [0.05, 0.1) is 0 Å². The van der Waals surface area contributed by atoms with Crippen LogP contribution in [0.2, 0.25) is 0 Å². The maximum Gasteiger partial charge on any atom is 0.207 e. The summed E-state index contributed by atoms with van der Waals surface area (Å²) in [6.45, 7) is 8.96. The number of aliphatic hydroxyl groups is 1. The van der Waals surface area contributed by atoms with E-state index in [0.717, 1.165) is 0 Å². The summed E-state index contributed by atoms with van der Waals surface area (Å²) in [5.74, 6) is 0. The normalized spacial score (nSPS) is 6.23. The van der Waals surface area contributed by atoms with Crippen LogP contribution in [-0.2, 0) is 23.4 Å². The number of aliphatic hydroxyl groups excluding tert-OH is 1. The van der Waals surface area contributed by atoms with E-state index in [1.165, 1.54) is 6.42 Å². The molecule has 1 amide bonds. The van der Waals surface area contributed by atoms with Crippen molar-refractivity contribution in [2.75, 3.05) is 13.2 Å². The number of hydrogen-bond acceptors (Lipinski definition) is 2. The van der Waals surface area contributed by atoms with Crippen molar-refractivity contribution in [1.82, 2.24) is 5.32 Å². The Labute approximate surface area is 94.2 Å². The van der Waals surface area contributed by atoms with E-state index in [4.69, 9.17) is 5.11 Å². The Bertz CT molecular complexity index is 63.6. The van der Waals surface area contributed by atoms with Crippen molar-refractivity contribution in [1.29, 1.82) is 0 Å². The number of hydrogen-bond donors (Lipinski definition) is 2. The Morgan fingerprint density at radius 3 is 1.92 bits per heavy atom. The van der Waals surface area contributed by atoms with Gasteiger partial charge >= 0.3 is 0 Å². The zero-order chi connectivity index (χ0) is 10.2. The van der Waals surface area contributed by atoms with Crippen LogP contribution < -0.4 is 5.32 Å². The third-order valence-corrected chi connectivity index (χ3v) is 0.563. The molecule has 0 saturated heterocycles. The standard InChI is InChI=1S/C4H9NO2.C3H8.C2H6.V/c6-3-1-2-5-4-7;1-3-2;1-2;/h4,6H,1-3H2,(H,5,7);3H2,1-2H3;1-2H3;. The zero-order valence-electron chi connectivity index (χ0n) is 9.21. The minimum atomic E-state index is 0. The Kier molecular flexibility index (Phi) is 71.7. The first-order valence-electron chi connectivity index (χ1n) is 4.61. The molecule has 13 heavy (non-hydrogen) atoms. The van der Waals surface area contributed by atoms with Crippen molar-refractivity contribution in [2.45, 2.75) is 40.5 Å². The van der Waals surface area contributed by atoms with Crippen LogP contribution in [0.3, 0.4) is 0 Å². The fraction of sp³-hybridized carbons (Fsp3) is 0.889. The molecule has 0 saturated carbocycles. The predicted octanol–water partition coefficient (Wildman–Crippen LogP) is 1.55. The number of nitrogens with one attached hydrogen (secondary N) is 1. The van der Waals surface area contributed by atoms with Crippen molar-refractivity contribution in [3.63, 3.8) is 0 Å². The summed E-state index contributed by atoms with van der Waals surface area (Å²) in [4.78, 5) is 9.49. The van der Waals surface area contributed by atoms with Crippen LogP contribution in [0.15, 0.2) is 0 Å². The quantitative estimate of drug-likeness (QED) is 0.566. The molecule has 3 nitrogen and oxygen atoms in total. The molecule has 4 heteroatoms. The van der Waals surface area contributed by atoms with Gasteiger partial charge in [-0.3, -0.25) is 4.79 Å². The van der Waals surface area contributed by atoms with E-state index in [1.54, 1.807) is 0 Å². The van der Waals surface area contributed by atoms with Crippen LogP contribution in [0.25, 0.3) is 0 Å². The van der Waals surface area contributed by atoms with Gasteiger partial charge in [0.1, 0.15) is 0 Å². The van der Waals surface area contributed by atoms with Gasteiger partial charge in [-0.15, -0.1) is 0 Å². The fourth-order valence-electron chi connectivity index (χ4n) is 0.240. The molecule has 0 aromatic heterocycles. The van der Waals surface area contributed by atoms with E-state index in [9.17, 15) is 4.79 Å². The molecule has 0 aliphatic carbocycles. The molecule has 0 aliphatic rings. The summed E-state index contributed by atoms with van der Waals surface area (Å²) in [5.41, 5.74) is 0. The monoisotopic (exact) mass is 228 g/mol. The van der Waals surface area contributed by atoms with Crippen LogP contribution in [0.5, 0.6) is 0 Å².